The minimum Gasteiger partial charge on any atom is -0.507 e. The standard InChI is InChI=1S/C29H37NO5/c1-7-9-16-30-25(19-10-13-21(14-11-19)35-17-8-2)24(27(32)28(30)33)26(31)20-12-15-23(34-6)22(18-20)29(3,4)5/h10-15,18,25,31H,7-9,16-17H2,1-6H3/b26-24-. The van der Waals surface area contributed by atoms with Crippen molar-refractivity contribution in [1.82, 2.24) is 4.90 Å². The van der Waals surface area contributed by atoms with E-state index in [9.17, 15) is 14.7 Å². The van der Waals surface area contributed by atoms with Gasteiger partial charge in [0.25, 0.3) is 11.7 Å². The van der Waals surface area contributed by atoms with Crippen LogP contribution in [0.25, 0.3) is 5.76 Å². The molecule has 35 heavy (non-hydrogen) atoms. The zero-order chi connectivity index (χ0) is 25.8. The van der Waals surface area contributed by atoms with E-state index in [1.807, 2.05) is 44.2 Å². The number of Topliss-reactive ketones (excluding diaryl/α,β-unsaturated/α-hetero) is 1. The number of amides is 1. The first-order valence-electron chi connectivity index (χ1n) is 12.3. The van der Waals surface area contributed by atoms with E-state index in [0.29, 0.717) is 24.5 Å². The molecule has 0 radical (unpaired) electrons. The van der Waals surface area contributed by atoms with Crippen LogP contribution in [0.4, 0.5) is 0 Å². The topological polar surface area (TPSA) is 76.1 Å². The van der Waals surface area contributed by atoms with Gasteiger partial charge in [0.05, 0.1) is 25.3 Å². The van der Waals surface area contributed by atoms with Crippen LogP contribution in [0.1, 0.15) is 76.6 Å². The fraction of sp³-hybridized carbons (Fsp3) is 0.448. The lowest BCUT2D eigenvalue weighted by atomic mass is 9.84. The maximum Gasteiger partial charge on any atom is 0.295 e. The summed E-state index contributed by atoms with van der Waals surface area (Å²) in [7, 11) is 1.61. The first-order valence-corrected chi connectivity index (χ1v) is 12.3. The summed E-state index contributed by atoms with van der Waals surface area (Å²) in [5.74, 6) is 0.0125. The van der Waals surface area contributed by atoms with Crippen LogP contribution in [0, 0.1) is 0 Å². The summed E-state index contributed by atoms with van der Waals surface area (Å²) in [4.78, 5) is 27.9. The van der Waals surface area contributed by atoms with Crippen molar-refractivity contribution in [2.24, 2.45) is 0 Å². The normalized spacial score (nSPS) is 17.7. The molecule has 188 valence electrons. The van der Waals surface area contributed by atoms with Gasteiger partial charge in [-0.15, -0.1) is 0 Å². The smallest absolute Gasteiger partial charge is 0.295 e. The van der Waals surface area contributed by atoms with E-state index < -0.39 is 17.7 Å². The molecule has 1 unspecified atom stereocenters. The molecule has 0 aromatic heterocycles. The Morgan fingerprint density at radius 3 is 2.29 bits per heavy atom. The van der Waals surface area contributed by atoms with Gasteiger partial charge >= 0.3 is 0 Å². The second kappa shape index (κ2) is 11.0. The average Bonchev–Trinajstić information content (AvgIpc) is 3.09. The van der Waals surface area contributed by atoms with Gasteiger partial charge in [0.15, 0.2) is 0 Å². The molecule has 6 nitrogen and oxygen atoms in total. The van der Waals surface area contributed by atoms with Crippen LogP contribution in [0.2, 0.25) is 0 Å². The summed E-state index contributed by atoms with van der Waals surface area (Å²) in [6.45, 7) is 11.3. The molecule has 1 heterocycles. The number of ketones is 1. The number of likely N-dealkylation sites (tertiary alicyclic amines) is 1. The van der Waals surface area contributed by atoms with Crippen LogP contribution in [-0.2, 0) is 15.0 Å². The molecule has 1 atom stereocenters. The molecule has 0 aliphatic carbocycles. The zero-order valence-corrected chi connectivity index (χ0v) is 21.7. The van der Waals surface area contributed by atoms with E-state index in [1.165, 1.54) is 0 Å². The second-order valence-corrected chi connectivity index (χ2v) is 9.93. The first-order chi connectivity index (χ1) is 16.6. The fourth-order valence-electron chi connectivity index (χ4n) is 4.35. The molecular weight excluding hydrogens is 442 g/mol. The van der Waals surface area contributed by atoms with E-state index in [1.54, 1.807) is 24.1 Å². The van der Waals surface area contributed by atoms with Crippen LogP contribution >= 0.6 is 0 Å². The van der Waals surface area contributed by atoms with Crippen molar-refractivity contribution in [3.05, 3.63) is 64.7 Å². The Balaban J connectivity index is 2.14. The van der Waals surface area contributed by atoms with Crippen molar-refractivity contribution in [3.63, 3.8) is 0 Å². The van der Waals surface area contributed by atoms with Crippen molar-refractivity contribution in [1.29, 1.82) is 0 Å². The summed E-state index contributed by atoms with van der Waals surface area (Å²) < 4.78 is 11.2. The molecule has 1 aliphatic heterocycles. The Labute approximate surface area is 208 Å². The van der Waals surface area contributed by atoms with E-state index in [2.05, 4.69) is 20.8 Å². The maximum absolute atomic E-state index is 13.2. The van der Waals surface area contributed by atoms with Crippen molar-refractivity contribution in [2.75, 3.05) is 20.3 Å². The third-order valence-corrected chi connectivity index (χ3v) is 6.24. The highest BCUT2D eigenvalue weighted by molar-refractivity contribution is 6.46. The number of ether oxygens (including phenoxy) is 2. The largest absolute Gasteiger partial charge is 0.507 e. The Hall–Kier alpha value is -3.28. The summed E-state index contributed by atoms with van der Waals surface area (Å²) in [5, 5.41) is 11.4. The highest BCUT2D eigenvalue weighted by Gasteiger charge is 2.45. The quantitative estimate of drug-likeness (QED) is 0.271. The molecule has 1 saturated heterocycles. The molecule has 1 aliphatic rings. The van der Waals surface area contributed by atoms with Crippen LogP contribution < -0.4 is 9.47 Å². The summed E-state index contributed by atoms with van der Waals surface area (Å²) in [6, 6.07) is 12.1. The van der Waals surface area contributed by atoms with Crippen LogP contribution in [-0.4, -0.2) is 42.0 Å². The number of nitrogens with zero attached hydrogens (tertiary/aromatic N) is 1. The lowest BCUT2D eigenvalue weighted by Crippen LogP contribution is -2.30. The molecule has 1 N–H and O–H groups in total. The third-order valence-electron chi connectivity index (χ3n) is 6.24. The molecule has 1 fully saturated rings. The van der Waals surface area contributed by atoms with E-state index in [0.717, 1.165) is 36.1 Å². The molecule has 2 aromatic carbocycles. The minimum atomic E-state index is -0.665. The number of aliphatic hydroxyl groups excluding tert-OH is 1. The molecule has 2 aromatic rings. The number of aliphatic hydroxyl groups is 1. The highest BCUT2D eigenvalue weighted by atomic mass is 16.5. The predicted octanol–water partition coefficient (Wildman–Crippen LogP) is 6.00. The lowest BCUT2D eigenvalue weighted by Gasteiger charge is -2.26. The van der Waals surface area contributed by atoms with Crippen molar-refractivity contribution in [3.8, 4) is 11.5 Å². The van der Waals surface area contributed by atoms with E-state index >= 15 is 0 Å². The average molecular weight is 480 g/mol. The van der Waals surface area contributed by atoms with Crippen LogP contribution in [0.15, 0.2) is 48.0 Å². The summed E-state index contributed by atoms with van der Waals surface area (Å²) in [6.07, 6.45) is 2.54. The zero-order valence-electron chi connectivity index (χ0n) is 21.7. The molecule has 1 amide bonds. The number of unbranched alkanes of at least 4 members (excludes halogenated alkanes) is 1. The first kappa shape index (κ1) is 26.3. The number of benzene rings is 2. The van der Waals surface area contributed by atoms with Crippen molar-refractivity contribution < 1.29 is 24.2 Å². The summed E-state index contributed by atoms with van der Waals surface area (Å²) in [5.41, 5.74) is 2.01. The Kier molecular flexibility index (Phi) is 8.26. The van der Waals surface area contributed by atoms with Crippen LogP contribution in [0.3, 0.4) is 0 Å². The number of carbonyl (C=O) groups excluding carboxylic acids is 2. The Bertz CT molecular complexity index is 1100. The third kappa shape index (κ3) is 5.53. The number of methoxy groups -OCH3 is 1. The SMILES string of the molecule is CCCCN1C(=O)C(=O)/C(=C(\O)c2ccc(OC)c(C(C)(C)C)c2)C1c1ccc(OCCC)cc1. The molecule has 3 rings (SSSR count). The van der Waals surface area contributed by atoms with Gasteiger partial charge in [-0.3, -0.25) is 9.59 Å². The van der Waals surface area contributed by atoms with E-state index in [4.69, 9.17) is 9.47 Å². The fourth-order valence-corrected chi connectivity index (χ4v) is 4.35. The van der Waals surface area contributed by atoms with Gasteiger partial charge in [-0.25, -0.2) is 0 Å². The second-order valence-electron chi connectivity index (χ2n) is 9.93. The van der Waals surface area contributed by atoms with Crippen molar-refractivity contribution >= 4 is 17.4 Å². The Morgan fingerprint density at radius 2 is 1.71 bits per heavy atom. The summed E-state index contributed by atoms with van der Waals surface area (Å²) >= 11 is 0. The highest BCUT2D eigenvalue weighted by Crippen LogP contribution is 2.41. The lowest BCUT2D eigenvalue weighted by molar-refractivity contribution is -0.139. The molecule has 0 bridgehead atoms. The molecule has 0 saturated carbocycles. The van der Waals surface area contributed by atoms with Crippen molar-refractivity contribution in [2.45, 2.75) is 65.3 Å². The van der Waals surface area contributed by atoms with E-state index in [-0.39, 0.29) is 16.7 Å². The minimum absolute atomic E-state index is 0.110. The number of hydrogen-bond donors (Lipinski definition) is 1. The van der Waals surface area contributed by atoms with Crippen LogP contribution in [0.5, 0.6) is 11.5 Å². The van der Waals surface area contributed by atoms with Gasteiger partial charge in [-0.1, -0.05) is 53.2 Å². The van der Waals surface area contributed by atoms with Gasteiger partial charge in [-0.05, 0) is 54.2 Å². The maximum atomic E-state index is 13.2. The van der Waals surface area contributed by atoms with Gasteiger partial charge in [0.2, 0.25) is 0 Å². The Morgan fingerprint density at radius 1 is 1.03 bits per heavy atom. The molecule has 6 heteroatoms. The van der Waals surface area contributed by atoms with Gasteiger partial charge < -0.3 is 19.5 Å². The number of carbonyl (C=O) groups is 2. The molecule has 0 spiro atoms. The van der Waals surface area contributed by atoms with Gasteiger partial charge in [0.1, 0.15) is 17.3 Å². The number of hydrogen-bond acceptors (Lipinski definition) is 5. The van der Waals surface area contributed by atoms with Gasteiger partial charge in [0, 0.05) is 17.7 Å². The molecular formula is C29H37NO5. The van der Waals surface area contributed by atoms with Gasteiger partial charge in [-0.2, -0.15) is 0 Å². The monoisotopic (exact) mass is 479 g/mol. The predicted molar refractivity (Wildman–Crippen MR) is 138 cm³/mol. The number of rotatable bonds is 9.